The molecule has 122 valence electrons. The Hall–Kier alpha value is -1.05. The molecular weight excluding hydrogens is 302 g/mol. The molecule has 0 unspecified atom stereocenters. The monoisotopic (exact) mass is 325 g/mol. The molecule has 2 aliphatic rings. The van der Waals surface area contributed by atoms with Gasteiger partial charge in [0, 0.05) is 24.5 Å². The van der Waals surface area contributed by atoms with Gasteiger partial charge in [-0.2, -0.15) is 4.31 Å². The summed E-state index contributed by atoms with van der Waals surface area (Å²) in [7, 11) is -3.23. The van der Waals surface area contributed by atoms with E-state index in [1.54, 1.807) is 4.31 Å². The zero-order chi connectivity index (χ0) is 15.7. The number of aryl methyl sites for hydroxylation is 2. The highest BCUT2D eigenvalue weighted by Crippen LogP contribution is 2.30. The van der Waals surface area contributed by atoms with Crippen LogP contribution in [0.3, 0.4) is 0 Å². The standard InChI is InChI=1S/C15H23N3O3S/c1-11-9-12(2)17-15(16-11)14-10-18(7-8-21-14)22(19,20)13-5-3-4-6-13/h9,13-14H,3-8,10H2,1-2H3/t14-/m0/s1. The average molecular weight is 325 g/mol. The van der Waals surface area contributed by atoms with E-state index < -0.39 is 10.0 Å². The van der Waals surface area contributed by atoms with Crippen LogP contribution in [-0.2, 0) is 14.8 Å². The van der Waals surface area contributed by atoms with Crippen molar-refractivity contribution in [3.8, 4) is 0 Å². The molecule has 2 fully saturated rings. The van der Waals surface area contributed by atoms with Crippen molar-refractivity contribution in [2.75, 3.05) is 19.7 Å². The molecule has 1 atom stereocenters. The first-order valence-electron chi connectivity index (χ1n) is 7.89. The van der Waals surface area contributed by atoms with E-state index in [0.717, 1.165) is 37.1 Å². The smallest absolute Gasteiger partial charge is 0.217 e. The number of rotatable bonds is 3. The molecular formula is C15H23N3O3S. The Morgan fingerprint density at radius 3 is 2.45 bits per heavy atom. The lowest BCUT2D eigenvalue weighted by atomic mass is 10.2. The van der Waals surface area contributed by atoms with E-state index >= 15 is 0 Å². The van der Waals surface area contributed by atoms with Gasteiger partial charge in [0.05, 0.1) is 11.9 Å². The molecule has 1 saturated heterocycles. The van der Waals surface area contributed by atoms with E-state index in [4.69, 9.17) is 4.74 Å². The van der Waals surface area contributed by atoms with Crippen molar-refractivity contribution in [3.63, 3.8) is 0 Å². The predicted octanol–water partition coefficient (Wildman–Crippen LogP) is 1.74. The second-order valence-electron chi connectivity index (χ2n) is 6.18. The molecule has 1 aromatic rings. The molecule has 3 rings (SSSR count). The summed E-state index contributed by atoms with van der Waals surface area (Å²) >= 11 is 0. The van der Waals surface area contributed by atoms with Crippen molar-refractivity contribution in [2.24, 2.45) is 0 Å². The Morgan fingerprint density at radius 2 is 1.82 bits per heavy atom. The Labute approximate surface area is 132 Å². The fourth-order valence-electron chi connectivity index (χ4n) is 3.31. The summed E-state index contributed by atoms with van der Waals surface area (Å²) in [6.07, 6.45) is 3.22. The lowest BCUT2D eigenvalue weighted by Crippen LogP contribution is -2.46. The van der Waals surface area contributed by atoms with Crippen molar-refractivity contribution in [2.45, 2.75) is 50.9 Å². The first-order chi connectivity index (χ1) is 10.5. The second kappa shape index (κ2) is 6.22. The van der Waals surface area contributed by atoms with E-state index in [1.165, 1.54) is 0 Å². The Balaban J connectivity index is 1.79. The maximum atomic E-state index is 12.7. The SMILES string of the molecule is Cc1cc(C)nc([C@@H]2CN(S(=O)(=O)C3CCCC3)CCO2)n1. The maximum Gasteiger partial charge on any atom is 0.217 e. The third-order valence-electron chi connectivity index (χ3n) is 4.40. The van der Waals surface area contributed by atoms with E-state index in [1.807, 2.05) is 19.9 Å². The number of aromatic nitrogens is 2. The lowest BCUT2D eigenvalue weighted by Gasteiger charge is -2.33. The molecule has 1 aromatic heterocycles. The highest BCUT2D eigenvalue weighted by Gasteiger charge is 2.38. The molecule has 2 heterocycles. The van der Waals surface area contributed by atoms with E-state index in [0.29, 0.717) is 25.5 Å². The highest BCUT2D eigenvalue weighted by atomic mass is 32.2. The summed E-state index contributed by atoms with van der Waals surface area (Å²) in [5.74, 6) is 0.587. The molecule has 0 amide bonds. The van der Waals surface area contributed by atoms with Gasteiger partial charge in [-0.1, -0.05) is 12.8 Å². The molecule has 0 radical (unpaired) electrons. The van der Waals surface area contributed by atoms with Gasteiger partial charge in [0.15, 0.2) is 5.82 Å². The summed E-state index contributed by atoms with van der Waals surface area (Å²) in [6, 6.07) is 1.90. The van der Waals surface area contributed by atoms with Crippen molar-refractivity contribution in [1.29, 1.82) is 0 Å². The molecule has 1 aliphatic carbocycles. The van der Waals surface area contributed by atoms with Gasteiger partial charge in [-0.25, -0.2) is 18.4 Å². The number of sulfonamides is 1. The van der Waals surface area contributed by atoms with Gasteiger partial charge in [-0.05, 0) is 32.8 Å². The van der Waals surface area contributed by atoms with Crippen LogP contribution in [0.5, 0.6) is 0 Å². The summed E-state index contributed by atoms with van der Waals surface area (Å²) < 4.78 is 32.8. The van der Waals surface area contributed by atoms with Crippen LogP contribution in [0.15, 0.2) is 6.07 Å². The van der Waals surface area contributed by atoms with Gasteiger partial charge in [0.1, 0.15) is 6.10 Å². The predicted molar refractivity (Wildman–Crippen MR) is 82.9 cm³/mol. The molecule has 7 heteroatoms. The van der Waals surface area contributed by atoms with E-state index in [9.17, 15) is 8.42 Å². The van der Waals surface area contributed by atoms with E-state index in [-0.39, 0.29) is 11.4 Å². The molecule has 0 spiro atoms. The maximum absolute atomic E-state index is 12.7. The number of hydrogen-bond donors (Lipinski definition) is 0. The molecule has 0 N–H and O–H groups in total. The molecule has 6 nitrogen and oxygen atoms in total. The average Bonchev–Trinajstić information content (AvgIpc) is 3.01. The minimum atomic E-state index is -3.23. The van der Waals surface area contributed by atoms with Crippen LogP contribution in [0, 0.1) is 13.8 Å². The van der Waals surface area contributed by atoms with Gasteiger partial charge in [0.25, 0.3) is 0 Å². The minimum Gasteiger partial charge on any atom is -0.367 e. The molecule has 0 bridgehead atoms. The first-order valence-corrected chi connectivity index (χ1v) is 9.40. The number of hydrogen-bond acceptors (Lipinski definition) is 5. The second-order valence-corrected chi connectivity index (χ2v) is 8.39. The molecule has 0 aromatic carbocycles. The van der Waals surface area contributed by atoms with Crippen LogP contribution >= 0.6 is 0 Å². The van der Waals surface area contributed by atoms with Crippen molar-refractivity contribution in [1.82, 2.24) is 14.3 Å². The zero-order valence-electron chi connectivity index (χ0n) is 13.2. The van der Waals surface area contributed by atoms with E-state index in [2.05, 4.69) is 9.97 Å². The number of ether oxygens (including phenoxy) is 1. The normalized spacial score (nSPS) is 24.7. The zero-order valence-corrected chi connectivity index (χ0v) is 14.0. The summed E-state index contributed by atoms with van der Waals surface area (Å²) in [6.45, 7) is 4.97. The largest absolute Gasteiger partial charge is 0.367 e. The highest BCUT2D eigenvalue weighted by molar-refractivity contribution is 7.89. The van der Waals surface area contributed by atoms with Gasteiger partial charge < -0.3 is 4.74 Å². The minimum absolute atomic E-state index is 0.216. The van der Waals surface area contributed by atoms with Crippen LogP contribution in [-0.4, -0.2) is 47.6 Å². The van der Waals surface area contributed by atoms with Crippen molar-refractivity contribution in [3.05, 3.63) is 23.3 Å². The van der Waals surface area contributed by atoms with Gasteiger partial charge in [0.2, 0.25) is 10.0 Å². The fraction of sp³-hybridized carbons (Fsp3) is 0.733. The van der Waals surface area contributed by atoms with Crippen molar-refractivity contribution < 1.29 is 13.2 Å². The third-order valence-corrected chi connectivity index (χ3v) is 6.77. The summed E-state index contributed by atoms with van der Waals surface area (Å²) in [5, 5.41) is -0.216. The lowest BCUT2D eigenvalue weighted by molar-refractivity contribution is -0.00795. The third kappa shape index (κ3) is 3.16. The first kappa shape index (κ1) is 15.8. The Bertz CT molecular complexity index is 621. The number of nitrogens with zero attached hydrogens (tertiary/aromatic N) is 3. The van der Waals surface area contributed by atoms with Gasteiger partial charge in [-0.3, -0.25) is 0 Å². The van der Waals surface area contributed by atoms with Crippen LogP contribution in [0.1, 0.15) is 49.0 Å². The summed E-state index contributed by atoms with van der Waals surface area (Å²) in [5.41, 5.74) is 1.75. The van der Waals surface area contributed by atoms with Gasteiger partial charge >= 0.3 is 0 Å². The van der Waals surface area contributed by atoms with Crippen molar-refractivity contribution >= 4 is 10.0 Å². The topological polar surface area (TPSA) is 72.4 Å². The Kier molecular flexibility index (Phi) is 4.47. The van der Waals surface area contributed by atoms with Gasteiger partial charge in [-0.15, -0.1) is 0 Å². The van der Waals surface area contributed by atoms with Crippen LogP contribution in [0.25, 0.3) is 0 Å². The molecule has 22 heavy (non-hydrogen) atoms. The molecule has 1 aliphatic heterocycles. The van der Waals surface area contributed by atoms with Crippen LogP contribution in [0.2, 0.25) is 0 Å². The molecule has 1 saturated carbocycles. The summed E-state index contributed by atoms with van der Waals surface area (Å²) in [4.78, 5) is 8.83. The Morgan fingerprint density at radius 1 is 1.18 bits per heavy atom. The quantitative estimate of drug-likeness (QED) is 0.846. The van der Waals surface area contributed by atoms with Crippen LogP contribution in [0.4, 0.5) is 0 Å². The fourth-order valence-corrected chi connectivity index (χ4v) is 5.33. The van der Waals surface area contributed by atoms with Crippen LogP contribution < -0.4 is 0 Å². The number of morpholine rings is 1.